The molecule has 1 fully saturated rings. The zero-order chi connectivity index (χ0) is 11.6. The Balaban J connectivity index is 2.39. The van der Waals surface area contributed by atoms with Crippen molar-refractivity contribution in [2.75, 3.05) is 6.61 Å². The van der Waals surface area contributed by atoms with Gasteiger partial charge in [0.05, 0.1) is 6.10 Å². The van der Waals surface area contributed by atoms with Crippen molar-refractivity contribution in [2.45, 2.75) is 23.8 Å². The van der Waals surface area contributed by atoms with E-state index >= 15 is 0 Å². The summed E-state index contributed by atoms with van der Waals surface area (Å²) < 4.78 is 5.42. The van der Waals surface area contributed by atoms with Crippen molar-refractivity contribution in [3.63, 3.8) is 0 Å². The minimum absolute atomic E-state index is 0.450. The largest absolute Gasteiger partial charge is 0.480 e. The summed E-state index contributed by atoms with van der Waals surface area (Å²) in [6.07, 6.45) is 1.10. The first kappa shape index (κ1) is 11.4. The van der Waals surface area contributed by atoms with E-state index in [9.17, 15) is 9.90 Å². The summed E-state index contributed by atoms with van der Waals surface area (Å²) in [5, 5.41) is 9.33. The highest BCUT2D eigenvalue weighted by molar-refractivity contribution is 6.34. The highest BCUT2D eigenvalue weighted by atomic mass is 35.5. The maximum atomic E-state index is 11.4. The van der Waals surface area contributed by atoms with Crippen molar-refractivity contribution < 1.29 is 14.6 Å². The van der Waals surface area contributed by atoms with Crippen LogP contribution in [0.1, 0.15) is 18.4 Å². The molecule has 1 aliphatic rings. The molecular formula is C12H13ClO3. The quantitative estimate of drug-likeness (QED) is 0.826. The van der Waals surface area contributed by atoms with E-state index in [4.69, 9.17) is 16.3 Å². The maximum absolute atomic E-state index is 11.4. The molecule has 0 amide bonds. The van der Waals surface area contributed by atoms with Crippen LogP contribution in [0.25, 0.3) is 0 Å². The number of hydrogen-bond acceptors (Lipinski definition) is 2. The van der Waals surface area contributed by atoms with Gasteiger partial charge < -0.3 is 9.84 Å². The Labute approximate surface area is 99.0 Å². The van der Waals surface area contributed by atoms with E-state index in [1.807, 2.05) is 6.07 Å². The number of rotatable bonds is 3. The van der Waals surface area contributed by atoms with Crippen LogP contribution in [0.5, 0.6) is 0 Å². The Morgan fingerprint density at radius 1 is 1.44 bits per heavy atom. The molecule has 1 aliphatic heterocycles. The summed E-state index contributed by atoms with van der Waals surface area (Å²) in [6.45, 7) is 0.583. The number of carbonyl (C=O) groups is 1. The van der Waals surface area contributed by atoms with Crippen molar-refractivity contribution >= 4 is 17.6 Å². The molecule has 0 saturated carbocycles. The van der Waals surface area contributed by atoms with Gasteiger partial charge in [0.1, 0.15) is 0 Å². The normalized spacial score (nSPS) is 23.9. The van der Waals surface area contributed by atoms with Crippen molar-refractivity contribution in [2.24, 2.45) is 0 Å². The summed E-state index contributed by atoms with van der Waals surface area (Å²) in [5.74, 6) is -1.05. The van der Waals surface area contributed by atoms with Gasteiger partial charge in [-0.2, -0.15) is 0 Å². The number of aliphatic carboxylic acids is 1. The molecule has 1 aromatic carbocycles. The van der Waals surface area contributed by atoms with E-state index in [-0.39, 0.29) is 0 Å². The first-order chi connectivity index (χ1) is 7.65. The van der Waals surface area contributed by atoms with Crippen molar-refractivity contribution in [3.8, 4) is 0 Å². The van der Waals surface area contributed by atoms with Gasteiger partial charge in [0.25, 0.3) is 0 Å². The molecule has 2 atom stereocenters. The topological polar surface area (TPSA) is 46.5 Å². The average molecular weight is 241 g/mol. The standard InChI is InChI=1S/C12H13ClO3/c13-12(11(14)15,10-7-4-8-16-10)9-5-2-1-3-6-9/h1-3,5-6,10H,4,7-8H2,(H,14,15). The monoisotopic (exact) mass is 240 g/mol. The van der Waals surface area contributed by atoms with Crippen LogP contribution in [0.2, 0.25) is 0 Å². The molecule has 1 saturated heterocycles. The molecule has 3 nitrogen and oxygen atoms in total. The molecule has 0 spiro atoms. The van der Waals surface area contributed by atoms with Crippen molar-refractivity contribution in [3.05, 3.63) is 35.9 Å². The second kappa shape index (κ2) is 4.44. The molecule has 16 heavy (non-hydrogen) atoms. The highest BCUT2D eigenvalue weighted by Crippen LogP contribution is 2.39. The van der Waals surface area contributed by atoms with Gasteiger partial charge in [0, 0.05) is 6.61 Å². The van der Waals surface area contributed by atoms with Gasteiger partial charge in [-0.25, -0.2) is 4.79 Å². The molecule has 0 bridgehead atoms. The summed E-state index contributed by atoms with van der Waals surface area (Å²) in [6, 6.07) is 8.85. The van der Waals surface area contributed by atoms with Crippen LogP contribution in [0.4, 0.5) is 0 Å². The maximum Gasteiger partial charge on any atom is 0.332 e. The first-order valence-electron chi connectivity index (χ1n) is 5.25. The molecule has 2 rings (SSSR count). The lowest BCUT2D eigenvalue weighted by molar-refractivity contribution is -0.144. The Morgan fingerprint density at radius 3 is 2.62 bits per heavy atom. The van der Waals surface area contributed by atoms with Gasteiger partial charge in [-0.05, 0) is 18.4 Å². The zero-order valence-electron chi connectivity index (χ0n) is 8.73. The van der Waals surface area contributed by atoms with Gasteiger partial charge in [-0.3, -0.25) is 0 Å². The van der Waals surface area contributed by atoms with Gasteiger partial charge >= 0.3 is 5.97 Å². The summed E-state index contributed by atoms with van der Waals surface area (Å²) in [5.41, 5.74) is 0.580. The molecule has 2 unspecified atom stereocenters. The van der Waals surface area contributed by atoms with Crippen LogP contribution in [-0.4, -0.2) is 23.8 Å². The second-order valence-electron chi connectivity index (χ2n) is 3.88. The minimum atomic E-state index is -1.46. The summed E-state index contributed by atoms with van der Waals surface area (Å²) >= 11 is 6.28. The van der Waals surface area contributed by atoms with E-state index in [1.54, 1.807) is 24.3 Å². The van der Waals surface area contributed by atoms with E-state index in [2.05, 4.69) is 0 Å². The second-order valence-corrected chi connectivity index (χ2v) is 4.48. The Bertz CT molecular complexity index is 373. The SMILES string of the molecule is O=C(O)C(Cl)(c1ccccc1)C1CCCO1. The van der Waals surface area contributed by atoms with E-state index in [1.165, 1.54) is 0 Å². The van der Waals surface area contributed by atoms with Crippen molar-refractivity contribution in [1.29, 1.82) is 0 Å². The fraction of sp³-hybridized carbons (Fsp3) is 0.417. The minimum Gasteiger partial charge on any atom is -0.480 e. The highest BCUT2D eigenvalue weighted by Gasteiger charge is 2.48. The fourth-order valence-corrected chi connectivity index (χ4v) is 2.32. The Kier molecular flexibility index (Phi) is 3.17. The van der Waals surface area contributed by atoms with Crippen LogP contribution in [0.15, 0.2) is 30.3 Å². The van der Waals surface area contributed by atoms with Crippen LogP contribution >= 0.6 is 11.6 Å². The molecule has 1 N–H and O–H groups in total. The Morgan fingerprint density at radius 2 is 2.12 bits per heavy atom. The molecule has 1 aromatic rings. The third-order valence-electron chi connectivity index (χ3n) is 2.88. The molecule has 0 aromatic heterocycles. The van der Waals surface area contributed by atoms with Gasteiger partial charge in [-0.15, -0.1) is 0 Å². The van der Waals surface area contributed by atoms with Gasteiger partial charge in [0.15, 0.2) is 4.87 Å². The lowest BCUT2D eigenvalue weighted by atomic mass is 9.91. The van der Waals surface area contributed by atoms with E-state index < -0.39 is 16.9 Å². The van der Waals surface area contributed by atoms with Gasteiger partial charge in [-0.1, -0.05) is 41.9 Å². The molecule has 86 valence electrons. The molecule has 4 heteroatoms. The third kappa shape index (κ3) is 1.81. The van der Waals surface area contributed by atoms with E-state index in [0.717, 1.165) is 6.42 Å². The van der Waals surface area contributed by atoms with Crippen LogP contribution in [-0.2, 0) is 14.4 Å². The fourth-order valence-electron chi connectivity index (χ4n) is 2.02. The lowest BCUT2D eigenvalue weighted by Crippen LogP contribution is -2.41. The van der Waals surface area contributed by atoms with Crippen LogP contribution in [0.3, 0.4) is 0 Å². The predicted molar refractivity (Wildman–Crippen MR) is 60.6 cm³/mol. The number of carboxylic acids is 1. The number of halogens is 1. The van der Waals surface area contributed by atoms with Crippen LogP contribution in [0, 0.1) is 0 Å². The Hall–Kier alpha value is -1.06. The first-order valence-corrected chi connectivity index (χ1v) is 5.63. The van der Waals surface area contributed by atoms with E-state index in [0.29, 0.717) is 18.6 Å². The average Bonchev–Trinajstić information content (AvgIpc) is 2.82. The molecular weight excluding hydrogens is 228 g/mol. The number of alkyl halides is 1. The molecule has 0 radical (unpaired) electrons. The number of carboxylic acid groups (broad SMARTS) is 1. The zero-order valence-corrected chi connectivity index (χ0v) is 9.48. The molecule has 0 aliphatic carbocycles. The summed E-state index contributed by atoms with van der Waals surface area (Å²) in [4.78, 5) is 9.94. The summed E-state index contributed by atoms with van der Waals surface area (Å²) in [7, 11) is 0. The van der Waals surface area contributed by atoms with Gasteiger partial charge in [0.2, 0.25) is 0 Å². The number of ether oxygens (including phenoxy) is 1. The lowest BCUT2D eigenvalue weighted by Gasteiger charge is -2.28. The number of hydrogen-bond donors (Lipinski definition) is 1. The predicted octanol–water partition coefficient (Wildman–Crippen LogP) is 2.38. The smallest absolute Gasteiger partial charge is 0.332 e. The number of benzene rings is 1. The van der Waals surface area contributed by atoms with Crippen LogP contribution < -0.4 is 0 Å². The van der Waals surface area contributed by atoms with Crippen molar-refractivity contribution in [1.82, 2.24) is 0 Å². The third-order valence-corrected chi connectivity index (χ3v) is 3.50. The molecule has 1 heterocycles.